The molecule has 0 unspecified atom stereocenters. The summed E-state index contributed by atoms with van der Waals surface area (Å²) in [4.78, 5) is 14.2. The number of thioether (sulfide) groups is 1. The SMILES string of the molecule is C=CCOc1ccc(/C=C2\SC(=S)N(c3cccc(C(F)(F)F)c3)C2=O)cc1OC. The predicted molar refractivity (Wildman–Crippen MR) is 116 cm³/mol. The smallest absolute Gasteiger partial charge is 0.416 e. The first-order valence-electron chi connectivity index (χ1n) is 8.61. The molecule has 2 aromatic carbocycles. The number of halogens is 3. The lowest BCUT2D eigenvalue weighted by atomic mass is 10.1. The zero-order valence-corrected chi connectivity index (χ0v) is 17.4. The molecule has 4 nitrogen and oxygen atoms in total. The van der Waals surface area contributed by atoms with Crippen molar-refractivity contribution in [1.82, 2.24) is 0 Å². The van der Waals surface area contributed by atoms with E-state index in [1.54, 1.807) is 30.4 Å². The fourth-order valence-electron chi connectivity index (χ4n) is 2.70. The molecule has 0 aliphatic carbocycles. The van der Waals surface area contributed by atoms with E-state index in [0.29, 0.717) is 28.6 Å². The van der Waals surface area contributed by atoms with Crippen molar-refractivity contribution in [3.05, 3.63) is 71.2 Å². The number of carbonyl (C=O) groups is 1. The number of hydrogen-bond donors (Lipinski definition) is 0. The minimum Gasteiger partial charge on any atom is -0.493 e. The second kappa shape index (κ2) is 8.93. The Morgan fingerprint density at radius 1 is 1.20 bits per heavy atom. The van der Waals surface area contributed by atoms with Crippen LogP contribution in [-0.2, 0) is 11.0 Å². The number of rotatable bonds is 6. The summed E-state index contributed by atoms with van der Waals surface area (Å²) in [5.41, 5.74) is -0.123. The summed E-state index contributed by atoms with van der Waals surface area (Å²) < 4.78 is 50.0. The number of alkyl halides is 3. The van der Waals surface area contributed by atoms with Gasteiger partial charge in [0.15, 0.2) is 15.8 Å². The molecule has 0 radical (unpaired) electrons. The summed E-state index contributed by atoms with van der Waals surface area (Å²) in [6.07, 6.45) is -1.31. The number of amides is 1. The Labute approximate surface area is 181 Å². The monoisotopic (exact) mass is 451 g/mol. The number of carbonyl (C=O) groups excluding carboxylic acids is 1. The van der Waals surface area contributed by atoms with E-state index in [9.17, 15) is 18.0 Å². The van der Waals surface area contributed by atoms with Crippen molar-refractivity contribution in [3.8, 4) is 11.5 Å². The first-order chi connectivity index (χ1) is 14.2. The van der Waals surface area contributed by atoms with Crippen LogP contribution < -0.4 is 14.4 Å². The summed E-state index contributed by atoms with van der Waals surface area (Å²) in [6, 6.07) is 9.63. The summed E-state index contributed by atoms with van der Waals surface area (Å²) in [7, 11) is 1.49. The Morgan fingerprint density at radius 3 is 2.63 bits per heavy atom. The number of thiocarbonyl (C=S) groups is 1. The number of ether oxygens (including phenoxy) is 2. The van der Waals surface area contributed by atoms with Gasteiger partial charge in [-0.05, 0) is 42.0 Å². The van der Waals surface area contributed by atoms with Gasteiger partial charge in [-0.1, -0.05) is 48.8 Å². The first kappa shape index (κ1) is 21.9. The zero-order chi connectivity index (χ0) is 21.9. The Hall–Kier alpha value is -2.78. The van der Waals surface area contributed by atoms with Crippen molar-refractivity contribution in [2.75, 3.05) is 18.6 Å². The van der Waals surface area contributed by atoms with Crippen LogP contribution in [-0.4, -0.2) is 23.9 Å². The van der Waals surface area contributed by atoms with Crippen molar-refractivity contribution in [1.29, 1.82) is 0 Å². The van der Waals surface area contributed by atoms with Crippen LogP contribution in [0.15, 0.2) is 60.0 Å². The van der Waals surface area contributed by atoms with Gasteiger partial charge in [0.2, 0.25) is 0 Å². The third-order valence-corrected chi connectivity index (χ3v) is 5.37. The van der Waals surface area contributed by atoms with Crippen LogP contribution in [0.4, 0.5) is 18.9 Å². The fourth-order valence-corrected chi connectivity index (χ4v) is 4.00. The predicted octanol–water partition coefficient (Wildman–Crippen LogP) is 5.68. The van der Waals surface area contributed by atoms with E-state index in [0.717, 1.165) is 28.8 Å². The molecule has 3 rings (SSSR count). The third-order valence-electron chi connectivity index (χ3n) is 4.07. The lowest BCUT2D eigenvalue weighted by Crippen LogP contribution is -2.27. The Bertz CT molecular complexity index is 1030. The average molecular weight is 451 g/mol. The normalized spacial score (nSPS) is 15.6. The van der Waals surface area contributed by atoms with Crippen molar-refractivity contribution in [2.24, 2.45) is 0 Å². The van der Waals surface area contributed by atoms with Gasteiger partial charge < -0.3 is 9.47 Å². The van der Waals surface area contributed by atoms with Crippen LogP contribution >= 0.6 is 24.0 Å². The number of benzene rings is 2. The van der Waals surface area contributed by atoms with Gasteiger partial charge in [-0.3, -0.25) is 9.69 Å². The molecule has 30 heavy (non-hydrogen) atoms. The van der Waals surface area contributed by atoms with Gasteiger partial charge in [0.05, 0.1) is 23.3 Å². The first-order valence-corrected chi connectivity index (χ1v) is 9.84. The maximum absolute atomic E-state index is 13.0. The van der Waals surface area contributed by atoms with E-state index in [-0.39, 0.29) is 10.0 Å². The second-order valence-corrected chi connectivity index (χ2v) is 7.75. The molecule has 1 heterocycles. The van der Waals surface area contributed by atoms with Crippen LogP contribution in [0.1, 0.15) is 11.1 Å². The van der Waals surface area contributed by atoms with Gasteiger partial charge in [0.1, 0.15) is 6.61 Å². The summed E-state index contributed by atoms with van der Waals surface area (Å²) >= 11 is 6.26. The second-order valence-electron chi connectivity index (χ2n) is 6.08. The molecule has 0 bridgehead atoms. The van der Waals surface area contributed by atoms with E-state index in [1.807, 2.05) is 0 Å². The van der Waals surface area contributed by atoms with Crippen LogP contribution in [0.2, 0.25) is 0 Å². The molecule has 2 aromatic rings. The van der Waals surface area contributed by atoms with Crippen molar-refractivity contribution in [3.63, 3.8) is 0 Å². The van der Waals surface area contributed by atoms with Gasteiger partial charge in [-0.15, -0.1) is 0 Å². The van der Waals surface area contributed by atoms with Gasteiger partial charge in [-0.25, -0.2) is 0 Å². The molecule has 1 aliphatic heterocycles. The maximum Gasteiger partial charge on any atom is 0.416 e. The van der Waals surface area contributed by atoms with Crippen LogP contribution in [0.5, 0.6) is 11.5 Å². The highest BCUT2D eigenvalue weighted by Gasteiger charge is 2.36. The maximum atomic E-state index is 13.0. The summed E-state index contributed by atoms with van der Waals surface area (Å²) in [6.45, 7) is 3.90. The molecule has 0 spiro atoms. The molecule has 0 aromatic heterocycles. The molecule has 156 valence electrons. The quantitative estimate of drug-likeness (QED) is 0.321. The summed E-state index contributed by atoms with van der Waals surface area (Å²) in [5.74, 6) is 0.500. The molecule has 0 saturated carbocycles. The van der Waals surface area contributed by atoms with E-state index in [1.165, 1.54) is 19.2 Å². The lowest BCUT2D eigenvalue weighted by Gasteiger charge is -2.16. The van der Waals surface area contributed by atoms with E-state index in [2.05, 4.69) is 6.58 Å². The number of nitrogens with zero attached hydrogens (tertiary/aromatic N) is 1. The Kier molecular flexibility index (Phi) is 6.52. The standard InChI is InChI=1S/C21H16F3NO3S2/c1-3-9-28-16-8-7-13(10-17(16)27-2)11-18-19(26)25(20(29)30-18)15-6-4-5-14(12-15)21(22,23)24/h3-8,10-12H,1,9H2,2H3/b18-11-. The highest BCUT2D eigenvalue weighted by molar-refractivity contribution is 8.27. The van der Waals surface area contributed by atoms with Crippen molar-refractivity contribution >= 4 is 46.0 Å². The highest BCUT2D eigenvalue weighted by Crippen LogP contribution is 2.39. The van der Waals surface area contributed by atoms with E-state index < -0.39 is 17.6 Å². The van der Waals surface area contributed by atoms with Crippen LogP contribution in [0, 0.1) is 0 Å². The van der Waals surface area contributed by atoms with Gasteiger partial charge in [0.25, 0.3) is 5.91 Å². The molecule has 1 fully saturated rings. The van der Waals surface area contributed by atoms with Gasteiger partial charge >= 0.3 is 6.18 Å². The Morgan fingerprint density at radius 2 is 1.97 bits per heavy atom. The zero-order valence-electron chi connectivity index (χ0n) is 15.7. The number of methoxy groups -OCH3 is 1. The molecule has 9 heteroatoms. The third kappa shape index (κ3) is 4.68. The number of hydrogen-bond acceptors (Lipinski definition) is 5. The van der Waals surface area contributed by atoms with Crippen LogP contribution in [0.25, 0.3) is 6.08 Å². The van der Waals surface area contributed by atoms with Crippen molar-refractivity contribution < 1.29 is 27.4 Å². The fraction of sp³-hybridized carbons (Fsp3) is 0.143. The molecule has 0 atom stereocenters. The molecular weight excluding hydrogens is 435 g/mol. The van der Waals surface area contributed by atoms with E-state index >= 15 is 0 Å². The van der Waals surface area contributed by atoms with Gasteiger partial charge in [-0.2, -0.15) is 13.2 Å². The van der Waals surface area contributed by atoms with E-state index in [4.69, 9.17) is 21.7 Å². The largest absolute Gasteiger partial charge is 0.493 e. The molecule has 1 saturated heterocycles. The van der Waals surface area contributed by atoms with Crippen molar-refractivity contribution in [2.45, 2.75) is 6.18 Å². The minimum absolute atomic E-state index is 0.0708. The minimum atomic E-state index is -4.52. The lowest BCUT2D eigenvalue weighted by molar-refractivity contribution is -0.137. The Balaban J connectivity index is 1.89. The van der Waals surface area contributed by atoms with Crippen LogP contribution in [0.3, 0.4) is 0 Å². The molecule has 1 aliphatic rings. The topological polar surface area (TPSA) is 38.8 Å². The molecular formula is C21H16F3NO3S2. The number of anilines is 1. The molecule has 0 N–H and O–H groups in total. The summed E-state index contributed by atoms with van der Waals surface area (Å²) in [5, 5.41) is 0. The molecule has 1 amide bonds. The average Bonchev–Trinajstić information content (AvgIpc) is 2.99. The highest BCUT2D eigenvalue weighted by atomic mass is 32.2. The van der Waals surface area contributed by atoms with Gasteiger partial charge in [0, 0.05) is 0 Å².